The summed E-state index contributed by atoms with van der Waals surface area (Å²) < 4.78 is 68.1. The van der Waals surface area contributed by atoms with Crippen molar-refractivity contribution < 1.29 is 36.2 Å². The molecule has 0 bridgehead atoms. The maximum Gasteiger partial charge on any atom is 0.394 e. The molecule has 12 heteroatoms. The molecule has 0 radical (unpaired) electrons. The van der Waals surface area contributed by atoms with E-state index in [1.165, 1.54) is 18.3 Å². The Bertz CT molecular complexity index is 1210. The van der Waals surface area contributed by atoms with E-state index < -0.39 is 33.9 Å². The number of benzene rings is 1. The first-order valence-corrected chi connectivity index (χ1v) is 13.8. The van der Waals surface area contributed by atoms with Gasteiger partial charge in [-0.15, -0.1) is 0 Å². The van der Waals surface area contributed by atoms with E-state index in [4.69, 9.17) is 4.74 Å². The second kappa shape index (κ2) is 11.1. The summed E-state index contributed by atoms with van der Waals surface area (Å²) in [5, 5.41) is 12.6. The zero-order chi connectivity index (χ0) is 26.8. The summed E-state index contributed by atoms with van der Waals surface area (Å²) in [7, 11) is -3.36. The number of ether oxygens (including phenoxy) is 1. The largest absolute Gasteiger partial charge is 0.394 e. The molecule has 1 unspecified atom stereocenters. The number of aromatic nitrogens is 1. The smallest absolute Gasteiger partial charge is 0.394 e. The van der Waals surface area contributed by atoms with E-state index in [0.717, 1.165) is 11.3 Å². The summed E-state index contributed by atoms with van der Waals surface area (Å²) in [5.41, 5.74) is 2.52. The molecule has 8 nitrogen and oxygen atoms in total. The number of pyridine rings is 1. The van der Waals surface area contributed by atoms with Crippen LogP contribution in [-0.2, 0) is 27.7 Å². The molecule has 37 heavy (non-hydrogen) atoms. The SMILES string of the molecule is CCS(=O)(=O)c1ccc([C@H](CO)NC(=O)c2cnc3c(c2)CN(C[C@@H]2CCC(C(F)(F)F)CO2)C3)cc1. The van der Waals surface area contributed by atoms with E-state index >= 15 is 0 Å². The fraction of sp³-hybridized carbons (Fsp3) is 0.520. The number of hydrogen-bond acceptors (Lipinski definition) is 7. The molecule has 2 aliphatic rings. The van der Waals surface area contributed by atoms with Crippen molar-refractivity contribution in [2.24, 2.45) is 5.92 Å². The second-order valence-electron chi connectivity index (χ2n) is 9.45. The zero-order valence-electron chi connectivity index (χ0n) is 20.4. The minimum absolute atomic E-state index is 0.0263. The molecule has 4 rings (SSSR count). The number of hydrogen-bond donors (Lipinski definition) is 2. The topological polar surface area (TPSA) is 109 Å². The van der Waals surface area contributed by atoms with E-state index in [1.807, 2.05) is 4.90 Å². The first-order valence-electron chi connectivity index (χ1n) is 12.1. The summed E-state index contributed by atoms with van der Waals surface area (Å²) in [6.45, 7) is 2.36. The van der Waals surface area contributed by atoms with E-state index in [2.05, 4.69) is 10.3 Å². The second-order valence-corrected chi connectivity index (χ2v) is 11.7. The van der Waals surface area contributed by atoms with Gasteiger partial charge >= 0.3 is 6.18 Å². The summed E-state index contributed by atoms with van der Waals surface area (Å²) in [6.07, 6.45) is -2.66. The Morgan fingerprint density at radius 2 is 1.97 bits per heavy atom. The number of sulfone groups is 1. The molecule has 2 N–H and O–H groups in total. The van der Waals surface area contributed by atoms with Crippen LogP contribution in [0.2, 0.25) is 0 Å². The number of rotatable bonds is 8. The Balaban J connectivity index is 1.35. The minimum Gasteiger partial charge on any atom is -0.394 e. The number of carbonyl (C=O) groups is 1. The monoisotopic (exact) mass is 541 g/mol. The average Bonchev–Trinajstić information content (AvgIpc) is 3.28. The van der Waals surface area contributed by atoms with Crippen molar-refractivity contribution in [2.45, 2.75) is 56.1 Å². The number of aliphatic hydroxyl groups is 1. The van der Waals surface area contributed by atoms with E-state index in [0.29, 0.717) is 37.2 Å². The van der Waals surface area contributed by atoms with E-state index in [1.54, 1.807) is 25.1 Å². The maximum absolute atomic E-state index is 12.9. The lowest BCUT2D eigenvalue weighted by atomic mass is 9.98. The number of carbonyl (C=O) groups excluding carboxylic acids is 1. The molecule has 1 fully saturated rings. The molecule has 1 saturated heterocycles. The van der Waals surface area contributed by atoms with Crippen molar-refractivity contribution in [2.75, 3.05) is 25.5 Å². The summed E-state index contributed by atoms with van der Waals surface area (Å²) in [5.74, 6) is -1.87. The highest BCUT2D eigenvalue weighted by molar-refractivity contribution is 7.91. The van der Waals surface area contributed by atoms with Gasteiger partial charge in [-0.3, -0.25) is 14.7 Å². The third kappa shape index (κ3) is 6.49. The van der Waals surface area contributed by atoms with Crippen LogP contribution in [0.3, 0.4) is 0 Å². The van der Waals surface area contributed by atoms with Gasteiger partial charge in [-0.05, 0) is 42.2 Å². The lowest BCUT2D eigenvalue weighted by Gasteiger charge is -2.32. The molecule has 1 aromatic heterocycles. The molecule has 3 atom stereocenters. The zero-order valence-corrected chi connectivity index (χ0v) is 21.2. The minimum atomic E-state index is -4.23. The first kappa shape index (κ1) is 27.5. The van der Waals surface area contributed by atoms with Crippen LogP contribution < -0.4 is 5.32 Å². The summed E-state index contributed by atoms with van der Waals surface area (Å²) >= 11 is 0. The molecule has 202 valence electrons. The molecule has 3 heterocycles. The summed E-state index contributed by atoms with van der Waals surface area (Å²) in [4.78, 5) is 19.5. The number of alkyl halides is 3. The Morgan fingerprint density at radius 1 is 1.24 bits per heavy atom. The van der Waals surface area contributed by atoms with Gasteiger partial charge in [0.15, 0.2) is 9.84 Å². The predicted molar refractivity (Wildman–Crippen MR) is 128 cm³/mol. The lowest BCUT2D eigenvalue weighted by molar-refractivity contribution is -0.208. The summed E-state index contributed by atoms with van der Waals surface area (Å²) in [6, 6.07) is 7.02. The van der Waals surface area contributed by atoms with Gasteiger partial charge in [0, 0.05) is 25.8 Å². The quantitative estimate of drug-likeness (QED) is 0.529. The molecule has 0 saturated carbocycles. The highest BCUT2D eigenvalue weighted by Crippen LogP contribution is 2.34. The number of fused-ring (bicyclic) bond motifs is 1. The van der Waals surface area contributed by atoms with Gasteiger partial charge in [0.1, 0.15) is 0 Å². The molecule has 0 aliphatic carbocycles. The number of nitrogens with zero attached hydrogens (tertiary/aromatic N) is 2. The Kier molecular flexibility index (Phi) is 8.22. The van der Waals surface area contributed by atoms with Gasteiger partial charge in [0.05, 0.1) is 53.2 Å². The Labute approximate surface area is 213 Å². The molecule has 2 aromatic rings. The van der Waals surface area contributed by atoms with Crippen molar-refractivity contribution in [1.29, 1.82) is 0 Å². The van der Waals surface area contributed by atoms with Crippen molar-refractivity contribution in [3.8, 4) is 0 Å². The van der Waals surface area contributed by atoms with Crippen LogP contribution in [0.5, 0.6) is 0 Å². The third-order valence-corrected chi connectivity index (χ3v) is 8.64. The lowest BCUT2D eigenvalue weighted by Crippen LogP contribution is -2.39. The van der Waals surface area contributed by atoms with Gasteiger partial charge in [0.25, 0.3) is 5.91 Å². The molecular formula is C25H30F3N3O5S. The predicted octanol–water partition coefficient (Wildman–Crippen LogP) is 3.01. The van der Waals surface area contributed by atoms with Crippen LogP contribution in [0.25, 0.3) is 0 Å². The van der Waals surface area contributed by atoms with Crippen LogP contribution in [0.1, 0.15) is 53.0 Å². The fourth-order valence-corrected chi connectivity index (χ4v) is 5.51. The average molecular weight is 542 g/mol. The highest BCUT2D eigenvalue weighted by atomic mass is 32.2. The normalized spacial score (nSPS) is 21.4. The highest BCUT2D eigenvalue weighted by Gasteiger charge is 2.42. The van der Waals surface area contributed by atoms with Crippen molar-refractivity contribution >= 4 is 15.7 Å². The van der Waals surface area contributed by atoms with Crippen LogP contribution in [0.4, 0.5) is 13.2 Å². The number of halogens is 3. The van der Waals surface area contributed by atoms with Gasteiger partial charge in [0.2, 0.25) is 0 Å². The van der Waals surface area contributed by atoms with E-state index in [-0.39, 0.29) is 36.4 Å². The van der Waals surface area contributed by atoms with Crippen LogP contribution in [0, 0.1) is 5.92 Å². The maximum atomic E-state index is 12.9. The van der Waals surface area contributed by atoms with Crippen LogP contribution in [0.15, 0.2) is 41.4 Å². The molecule has 2 aliphatic heterocycles. The van der Waals surface area contributed by atoms with Crippen LogP contribution >= 0.6 is 0 Å². The van der Waals surface area contributed by atoms with Crippen molar-refractivity contribution in [3.05, 3.63) is 58.9 Å². The first-order chi connectivity index (χ1) is 17.5. The molecule has 0 spiro atoms. The Morgan fingerprint density at radius 3 is 2.57 bits per heavy atom. The molecule has 1 aromatic carbocycles. The van der Waals surface area contributed by atoms with Crippen molar-refractivity contribution in [3.63, 3.8) is 0 Å². The molecular weight excluding hydrogens is 511 g/mol. The standard InChI is InChI=1S/C25H30F3N3O5S/c1-2-37(34,35)21-7-3-16(4-8-21)23(14-32)30-24(33)17-9-18-11-31(13-22(18)29-10-17)12-20-6-5-19(15-36-20)25(26,27)28/h3-4,7-10,19-20,23,32H,2,5-6,11-15H2,1H3,(H,30,33)/t19?,20-,23-/m0/s1. The van der Waals surface area contributed by atoms with Gasteiger partial charge in [-0.2, -0.15) is 13.2 Å². The van der Waals surface area contributed by atoms with Crippen molar-refractivity contribution in [1.82, 2.24) is 15.2 Å². The third-order valence-electron chi connectivity index (χ3n) is 6.89. The fourth-order valence-electron chi connectivity index (χ4n) is 4.63. The number of nitrogens with one attached hydrogen (secondary N) is 1. The van der Waals surface area contributed by atoms with Crippen LogP contribution in [-0.4, -0.2) is 67.1 Å². The number of amides is 1. The van der Waals surface area contributed by atoms with Gasteiger partial charge in [-0.25, -0.2) is 8.42 Å². The Hall–Kier alpha value is -2.54. The van der Waals surface area contributed by atoms with E-state index in [9.17, 15) is 31.5 Å². The van der Waals surface area contributed by atoms with Gasteiger partial charge in [-0.1, -0.05) is 19.1 Å². The molecule has 1 amide bonds. The number of aliphatic hydroxyl groups excluding tert-OH is 1. The van der Waals surface area contributed by atoms with Gasteiger partial charge < -0.3 is 15.2 Å².